The highest BCUT2D eigenvalue weighted by molar-refractivity contribution is 7.92. The van der Waals surface area contributed by atoms with Crippen molar-refractivity contribution in [3.63, 3.8) is 0 Å². The van der Waals surface area contributed by atoms with Crippen molar-refractivity contribution >= 4 is 38.7 Å². The first-order valence-corrected chi connectivity index (χ1v) is 11.2. The minimum absolute atomic E-state index is 0.0156. The zero-order valence-corrected chi connectivity index (χ0v) is 18.0. The molecule has 0 saturated carbocycles. The lowest BCUT2D eigenvalue weighted by atomic mass is 9.90. The van der Waals surface area contributed by atoms with Crippen LogP contribution in [-0.4, -0.2) is 32.4 Å². The molecule has 6 nitrogen and oxygen atoms in total. The van der Waals surface area contributed by atoms with Gasteiger partial charge in [0.25, 0.3) is 0 Å². The number of rotatable bonds is 4. The highest BCUT2D eigenvalue weighted by Gasteiger charge is 2.33. The van der Waals surface area contributed by atoms with Gasteiger partial charge in [-0.05, 0) is 50.3 Å². The summed E-state index contributed by atoms with van der Waals surface area (Å²) in [5.74, 6) is 0.857. The molecule has 150 valence electrons. The Morgan fingerprint density at radius 1 is 1.21 bits per heavy atom. The van der Waals surface area contributed by atoms with Gasteiger partial charge in [0.15, 0.2) is 5.11 Å². The molecule has 0 bridgehead atoms. The normalized spacial score (nSPS) is 17.8. The summed E-state index contributed by atoms with van der Waals surface area (Å²) in [4.78, 5) is 0. The van der Waals surface area contributed by atoms with Gasteiger partial charge in [0.2, 0.25) is 10.0 Å². The van der Waals surface area contributed by atoms with Gasteiger partial charge in [-0.15, -0.1) is 0 Å². The zero-order chi connectivity index (χ0) is 20.5. The highest BCUT2D eigenvalue weighted by atomic mass is 32.2. The van der Waals surface area contributed by atoms with E-state index in [0.717, 1.165) is 17.7 Å². The van der Waals surface area contributed by atoms with Crippen LogP contribution in [0.5, 0.6) is 5.75 Å². The fourth-order valence-electron chi connectivity index (χ4n) is 3.23. The molecule has 1 atom stereocenters. The van der Waals surface area contributed by atoms with E-state index < -0.39 is 10.0 Å². The van der Waals surface area contributed by atoms with Gasteiger partial charge in [-0.1, -0.05) is 24.3 Å². The van der Waals surface area contributed by atoms with Gasteiger partial charge in [-0.2, -0.15) is 0 Å². The zero-order valence-electron chi connectivity index (χ0n) is 16.4. The molecule has 2 aromatic carbocycles. The number of nitrogens with zero attached hydrogens (tertiary/aromatic N) is 1. The third-order valence-electron chi connectivity index (χ3n) is 4.65. The molecule has 0 aromatic heterocycles. The summed E-state index contributed by atoms with van der Waals surface area (Å²) in [6.45, 7) is 4.11. The van der Waals surface area contributed by atoms with E-state index >= 15 is 0 Å². The fraction of sp³-hybridized carbons (Fsp3) is 0.350. The van der Waals surface area contributed by atoms with Crippen LogP contribution >= 0.6 is 12.2 Å². The number of sulfonamides is 1. The van der Waals surface area contributed by atoms with Crippen LogP contribution in [0.4, 0.5) is 11.4 Å². The molecule has 0 amide bonds. The standard InChI is InChI=1S/C20H25N3O3S2/c1-20(2)13-17(16-10-5-6-11-18(16)26-20)22-19(27)21-14-8-7-9-15(12-14)23(3)28(4,24)25/h5-12,17H,13H2,1-4H3,(H2,21,22,27)/t17-/m1/s1. The van der Waals surface area contributed by atoms with E-state index in [4.69, 9.17) is 17.0 Å². The predicted octanol–water partition coefficient (Wildman–Crippen LogP) is 3.67. The quantitative estimate of drug-likeness (QED) is 0.737. The van der Waals surface area contributed by atoms with Gasteiger partial charge in [-0.3, -0.25) is 4.31 Å². The van der Waals surface area contributed by atoms with Crippen LogP contribution in [0.15, 0.2) is 48.5 Å². The molecule has 0 spiro atoms. The van der Waals surface area contributed by atoms with E-state index in [-0.39, 0.29) is 11.6 Å². The molecule has 2 aromatic rings. The first-order valence-electron chi connectivity index (χ1n) is 8.95. The SMILES string of the molecule is CN(c1cccc(NC(=S)N[C@@H]2CC(C)(C)Oc3ccccc32)c1)S(C)(=O)=O. The van der Waals surface area contributed by atoms with Gasteiger partial charge in [0, 0.05) is 24.7 Å². The van der Waals surface area contributed by atoms with Crippen molar-refractivity contribution in [2.45, 2.75) is 31.9 Å². The van der Waals surface area contributed by atoms with Crippen molar-refractivity contribution in [3.8, 4) is 5.75 Å². The van der Waals surface area contributed by atoms with E-state index in [0.29, 0.717) is 16.5 Å². The Morgan fingerprint density at radius 3 is 2.64 bits per heavy atom. The molecule has 1 heterocycles. The monoisotopic (exact) mass is 419 g/mol. The summed E-state index contributed by atoms with van der Waals surface area (Å²) in [5, 5.41) is 6.99. The Bertz CT molecular complexity index is 990. The van der Waals surface area contributed by atoms with Crippen LogP contribution in [0.25, 0.3) is 0 Å². The van der Waals surface area contributed by atoms with Gasteiger partial charge in [0.05, 0.1) is 18.0 Å². The summed E-state index contributed by atoms with van der Waals surface area (Å²) in [6, 6.07) is 15.1. The average molecular weight is 420 g/mol. The predicted molar refractivity (Wildman–Crippen MR) is 118 cm³/mol. The minimum Gasteiger partial charge on any atom is -0.487 e. The average Bonchev–Trinajstić information content (AvgIpc) is 2.59. The van der Waals surface area contributed by atoms with E-state index in [1.54, 1.807) is 18.2 Å². The maximum absolute atomic E-state index is 11.8. The van der Waals surface area contributed by atoms with E-state index in [9.17, 15) is 8.42 Å². The van der Waals surface area contributed by atoms with Crippen LogP contribution in [0.3, 0.4) is 0 Å². The Labute approximate surface area is 171 Å². The second-order valence-corrected chi connectivity index (χ2v) is 9.96. The third kappa shape index (κ3) is 4.74. The summed E-state index contributed by atoms with van der Waals surface area (Å²) in [6.07, 6.45) is 1.94. The van der Waals surface area contributed by atoms with Crippen LogP contribution in [0.2, 0.25) is 0 Å². The van der Waals surface area contributed by atoms with Crippen molar-refractivity contribution in [3.05, 3.63) is 54.1 Å². The topological polar surface area (TPSA) is 70.7 Å². The molecule has 1 aliphatic heterocycles. The molecule has 0 unspecified atom stereocenters. The van der Waals surface area contributed by atoms with Gasteiger partial charge < -0.3 is 15.4 Å². The summed E-state index contributed by atoms with van der Waals surface area (Å²) in [7, 11) is -1.81. The molecule has 0 saturated heterocycles. The Kier molecular flexibility index (Phi) is 5.54. The van der Waals surface area contributed by atoms with Crippen molar-refractivity contribution in [2.24, 2.45) is 0 Å². The lowest BCUT2D eigenvalue weighted by Gasteiger charge is -2.38. The summed E-state index contributed by atoms with van der Waals surface area (Å²) >= 11 is 5.51. The number of nitrogens with one attached hydrogen (secondary N) is 2. The van der Waals surface area contributed by atoms with Crippen LogP contribution in [0, 0.1) is 0 Å². The van der Waals surface area contributed by atoms with E-state index in [1.165, 1.54) is 17.6 Å². The maximum atomic E-state index is 11.8. The number of benzene rings is 2. The molecule has 1 aliphatic rings. The number of fused-ring (bicyclic) bond motifs is 1. The Hall–Kier alpha value is -2.32. The minimum atomic E-state index is -3.33. The van der Waals surface area contributed by atoms with E-state index in [1.807, 2.05) is 30.3 Å². The molecule has 0 radical (unpaired) electrons. The molecular weight excluding hydrogens is 394 g/mol. The maximum Gasteiger partial charge on any atom is 0.231 e. The van der Waals surface area contributed by atoms with Crippen molar-refractivity contribution in [1.82, 2.24) is 5.32 Å². The first kappa shape index (κ1) is 20.4. The second kappa shape index (κ2) is 7.60. The molecule has 28 heavy (non-hydrogen) atoms. The van der Waals surface area contributed by atoms with Crippen molar-refractivity contribution in [1.29, 1.82) is 0 Å². The van der Waals surface area contributed by atoms with Crippen molar-refractivity contribution in [2.75, 3.05) is 22.9 Å². The summed E-state index contributed by atoms with van der Waals surface area (Å²) in [5.41, 5.74) is 2.04. The largest absolute Gasteiger partial charge is 0.487 e. The van der Waals surface area contributed by atoms with Gasteiger partial charge in [-0.25, -0.2) is 8.42 Å². The number of para-hydroxylation sites is 1. The third-order valence-corrected chi connectivity index (χ3v) is 6.07. The van der Waals surface area contributed by atoms with Crippen molar-refractivity contribution < 1.29 is 13.2 Å². The number of hydrogen-bond acceptors (Lipinski definition) is 4. The van der Waals surface area contributed by atoms with Gasteiger partial charge >= 0.3 is 0 Å². The van der Waals surface area contributed by atoms with Gasteiger partial charge in [0.1, 0.15) is 11.4 Å². The molecule has 0 aliphatic carbocycles. The smallest absolute Gasteiger partial charge is 0.231 e. The Balaban J connectivity index is 1.75. The molecular formula is C20H25N3O3S2. The lowest BCUT2D eigenvalue weighted by molar-refractivity contribution is 0.0697. The summed E-state index contributed by atoms with van der Waals surface area (Å²) < 4.78 is 30.8. The molecule has 0 fully saturated rings. The first-order chi connectivity index (χ1) is 13.0. The number of ether oxygens (including phenoxy) is 1. The fourth-order valence-corrected chi connectivity index (χ4v) is 3.98. The van der Waals surface area contributed by atoms with Crippen LogP contribution < -0.4 is 19.7 Å². The van der Waals surface area contributed by atoms with Crippen LogP contribution in [0.1, 0.15) is 31.9 Å². The highest BCUT2D eigenvalue weighted by Crippen LogP contribution is 2.39. The molecule has 2 N–H and O–H groups in total. The number of hydrogen-bond donors (Lipinski definition) is 2. The van der Waals surface area contributed by atoms with Crippen LogP contribution in [-0.2, 0) is 10.0 Å². The Morgan fingerprint density at radius 2 is 1.93 bits per heavy atom. The molecule has 8 heteroatoms. The van der Waals surface area contributed by atoms with E-state index in [2.05, 4.69) is 24.5 Å². The number of anilines is 2. The second-order valence-electron chi connectivity index (χ2n) is 7.54. The molecule has 3 rings (SSSR count). The number of thiocarbonyl (C=S) groups is 1. The lowest BCUT2D eigenvalue weighted by Crippen LogP contribution is -2.42.